The predicted molar refractivity (Wildman–Crippen MR) is 198 cm³/mol. The van der Waals surface area contributed by atoms with Crippen LogP contribution in [0.2, 0.25) is 0 Å². The van der Waals surface area contributed by atoms with Gasteiger partial charge in [0.25, 0.3) is 0 Å². The van der Waals surface area contributed by atoms with E-state index < -0.39 is 12.0 Å². The molecule has 0 radical (unpaired) electrons. The minimum absolute atomic E-state index is 0.0274. The third-order valence-corrected chi connectivity index (χ3v) is 9.71. The molecule has 0 bridgehead atoms. The molecule has 3 aromatic rings. The summed E-state index contributed by atoms with van der Waals surface area (Å²) in [5.41, 5.74) is 7.75. The molecule has 5 rings (SSSR count). The summed E-state index contributed by atoms with van der Waals surface area (Å²) in [4.78, 5) is 35.9. The summed E-state index contributed by atoms with van der Waals surface area (Å²) < 4.78 is 7.20. The van der Waals surface area contributed by atoms with Crippen molar-refractivity contribution in [2.24, 2.45) is 11.7 Å². The number of carbonyl (C=O) groups is 2. The van der Waals surface area contributed by atoms with Gasteiger partial charge in [-0.1, -0.05) is 54.8 Å². The molecule has 1 aliphatic heterocycles. The molecule has 3 heterocycles. The van der Waals surface area contributed by atoms with E-state index in [0.717, 1.165) is 81.5 Å². The Morgan fingerprint density at radius 1 is 0.961 bits per heavy atom. The molecular weight excluding hydrogens is 646 g/mol. The zero-order valence-corrected chi connectivity index (χ0v) is 30.0. The topological polar surface area (TPSA) is 177 Å². The molecule has 0 spiro atoms. The van der Waals surface area contributed by atoms with Gasteiger partial charge in [-0.3, -0.25) is 14.3 Å². The van der Waals surface area contributed by atoms with Gasteiger partial charge in [0, 0.05) is 44.8 Å². The van der Waals surface area contributed by atoms with Crippen molar-refractivity contribution in [1.82, 2.24) is 40.5 Å². The van der Waals surface area contributed by atoms with Crippen LogP contribution in [0, 0.1) is 5.92 Å². The molecule has 2 aliphatic rings. The zero-order valence-electron chi connectivity index (χ0n) is 30.0. The predicted octanol–water partition coefficient (Wildman–Crippen LogP) is 3.47. The van der Waals surface area contributed by atoms with E-state index in [1.165, 1.54) is 32.1 Å². The minimum Gasteiger partial charge on any atom is -0.460 e. The van der Waals surface area contributed by atoms with Crippen LogP contribution >= 0.6 is 0 Å². The molecule has 1 aliphatic carbocycles. The van der Waals surface area contributed by atoms with Crippen molar-refractivity contribution in [1.29, 1.82) is 0 Å². The maximum Gasteiger partial charge on any atom is 0.323 e. The van der Waals surface area contributed by atoms with Crippen molar-refractivity contribution < 1.29 is 14.3 Å². The number of ether oxygens (including phenoxy) is 1. The Labute approximate surface area is 302 Å². The molecule has 1 atom stereocenters. The van der Waals surface area contributed by atoms with Crippen molar-refractivity contribution in [2.75, 3.05) is 49.9 Å². The molecule has 14 nitrogen and oxygen atoms in total. The summed E-state index contributed by atoms with van der Waals surface area (Å²) in [6.45, 7) is 6.72. The summed E-state index contributed by atoms with van der Waals surface area (Å²) in [5.74, 6) is 1.24. The van der Waals surface area contributed by atoms with Gasteiger partial charge in [0.15, 0.2) is 0 Å². The number of esters is 1. The van der Waals surface area contributed by atoms with Crippen molar-refractivity contribution in [3.8, 4) is 0 Å². The quantitative estimate of drug-likeness (QED) is 0.0808. The van der Waals surface area contributed by atoms with Gasteiger partial charge < -0.3 is 36.6 Å². The number of hydrogen-bond donors (Lipinski definition) is 5. The van der Waals surface area contributed by atoms with Gasteiger partial charge in [0.1, 0.15) is 24.2 Å². The van der Waals surface area contributed by atoms with Gasteiger partial charge in [-0.25, -0.2) is 4.98 Å². The first-order chi connectivity index (χ1) is 25.0. The number of aromatic nitrogens is 5. The van der Waals surface area contributed by atoms with E-state index in [-0.39, 0.29) is 25.4 Å². The number of likely N-dealkylation sites (tertiary alicyclic amines) is 1. The Kier molecular flexibility index (Phi) is 15.9. The third-order valence-electron chi connectivity index (χ3n) is 9.71. The molecular formula is C37H57N11O3. The van der Waals surface area contributed by atoms with Crippen LogP contribution in [-0.2, 0) is 34.0 Å². The molecule has 1 amide bonds. The number of nitrogens with two attached hydrogens (primary N) is 1. The molecule has 278 valence electrons. The number of carbonyl (C=O) groups excluding carboxylic acids is 2. The second-order valence-electron chi connectivity index (χ2n) is 13.8. The van der Waals surface area contributed by atoms with Crippen molar-refractivity contribution >= 4 is 23.6 Å². The third kappa shape index (κ3) is 13.8. The highest BCUT2D eigenvalue weighted by Gasteiger charge is 2.24. The lowest BCUT2D eigenvalue weighted by molar-refractivity contribution is -0.146. The van der Waals surface area contributed by atoms with Crippen molar-refractivity contribution in [3.63, 3.8) is 0 Å². The molecule has 2 fully saturated rings. The molecule has 1 saturated carbocycles. The maximum atomic E-state index is 12.8. The number of rotatable bonds is 21. The first-order valence-electron chi connectivity index (χ1n) is 18.9. The minimum atomic E-state index is -0.814. The highest BCUT2D eigenvalue weighted by Crippen LogP contribution is 2.20. The first kappa shape index (κ1) is 38.1. The lowest BCUT2D eigenvalue weighted by atomic mass is 9.95. The Morgan fingerprint density at radius 3 is 2.59 bits per heavy atom. The Hall–Kier alpha value is -4.14. The van der Waals surface area contributed by atoms with Crippen LogP contribution < -0.4 is 27.0 Å². The molecule has 51 heavy (non-hydrogen) atoms. The van der Waals surface area contributed by atoms with Crippen LogP contribution in [0.4, 0.5) is 11.8 Å². The van der Waals surface area contributed by atoms with E-state index >= 15 is 0 Å². The lowest BCUT2D eigenvalue weighted by Gasteiger charge is -2.32. The lowest BCUT2D eigenvalue weighted by Crippen LogP contribution is -2.41. The number of benzene rings is 1. The molecule has 1 saturated heterocycles. The average Bonchev–Trinajstić information content (AvgIpc) is 3.64. The van der Waals surface area contributed by atoms with Gasteiger partial charge >= 0.3 is 5.97 Å². The van der Waals surface area contributed by atoms with Crippen molar-refractivity contribution in [2.45, 2.75) is 102 Å². The van der Waals surface area contributed by atoms with E-state index in [2.05, 4.69) is 41.5 Å². The second-order valence-corrected chi connectivity index (χ2v) is 13.8. The van der Waals surface area contributed by atoms with Gasteiger partial charge in [-0.2, -0.15) is 4.98 Å². The standard InChI is InChI=1S/C37H57N11O3/c38-33(36(50)51-28-30-9-3-1-4-10-30)13-14-35(49)47-23-16-29(17-24-47)25-42-34-15-21-41-37(44-34)43-26-32-27-48(46-45-32)22-8-19-39-18-7-20-40-31-11-5-2-6-12-31/h1,3-4,9-10,15,21,27,29,31,33,39-40H,2,5-8,11-14,16-20,22-26,28,38H2,(H2,41,42,43,44)/t33-/m0/s1. The largest absolute Gasteiger partial charge is 0.460 e. The van der Waals surface area contributed by atoms with E-state index in [1.54, 1.807) is 6.20 Å². The Morgan fingerprint density at radius 2 is 1.76 bits per heavy atom. The summed E-state index contributed by atoms with van der Waals surface area (Å²) in [6, 6.07) is 11.2. The highest BCUT2D eigenvalue weighted by molar-refractivity contribution is 5.79. The van der Waals surface area contributed by atoms with Crippen LogP contribution in [0.1, 0.15) is 81.9 Å². The van der Waals surface area contributed by atoms with E-state index in [9.17, 15) is 9.59 Å². The van der Waals surface area contributed by atoms with Crippen LogP contribution in [-0.4, -0.2) is 93.1 Å². The molecule has 2 aromatic heterocycles. The Bertz CT molecular complexity index is 1440. The van der Waals surface area contributed by atoms with Crippen molar-refractivity contribution in [3.05, 3.63) is 60.0 Å². The number of piperidine rings is 1. The normalized spacial score (nSPS) is 16.1. The smallest absolute Gasteiger partial charge is 0.323 e. The van der Waals surface area contributed by atoms with Gasteiger partial charge in [0.05, 0.1) is 12.7 Å². The van der Waals surface area contributed by atoms with Crippen LogP contribution in [0.25, 0.3) is 0 Å². The van der Waals surface area contributed by atoms with E-state index in [0.29, 0.717) is 31.5 Å². The molecule has 1 aromatic carbocycles. The molecule has 14 heteroatoms. The number of nitrogens with one attached hydrogen (secondary N) is 4. The average molecular weight is 704 g/mol. The number of hydrogen-bond acceptors (Lipinski definition) is 12. The van der Waals surface area contributed by atoms with E-state index in [1.807, 2.05) is 52.2 Å². The SMILES string of the molecule is N[C@@H](CCC(=O)N1CCC(CNc2ccnc(NCc3cn(CCCNCCCNC4CCCCC4)nn3)n2)CC1)C(=O)OCc1ccccc1. The molecule has 6 N–H and O–H groups in total. The van der Waals surface area contributed by atoms with Crippen LogP contribution in [0.3, 0.4) is 0 Å². The molecule has 0 unspecified atom stereocenters. The fourth-order valence-corrected chi connectivity index (χ4v) is 6.58. The van der Waals surface area contributed by atoms with E-state index in [4.69, 9.17) is 10.5 Å². The second kappa shape index (κ2) is 21.3. The maximum absolute atomic E-state index is 12.8. The number of anilines is 2. The number of amides is 1. The number of nitrogens with zero attached hydrogens (tertiary/aromatic N) is 6. The van der Waals surface area contributed by atoms with Crippen LogP contribution in [0.15, 0.2) is 48.8 Å². The van der Waals surface area contributed by atoms with Gasteiger partial charge in [-0.05, 0) is 82.1 Å². The summed E-state index contributed by atoms with van der Waals surface area (Å²) in [7, 11) is 0. The monoisotopic (exact) mass is 703 g/mol. The van der Waals surface area contributed by atoms with Crippen LogP contribution in [0.5, 0.6) is 0 Å². The fraction of sp³-hybridized carbons (Fsp3) is 0.622. The summed E-state index contributed by atoms with van der Waals surface area (Å²) in [6.07, 6.45) is 15.0. The zero-order chi connectivity index (χ0) is 35.5. The fourth-order valence-electron chi connectivity index (χ4n) is 6.58. The number of aryl methyl sites for hydroxylation is 1. The highest BCUT2D eigenvalue weighted by atomic mass is 16.5. The summed E-state index contributed by atoms with van der Waals surface area (Å²) >= 11 is 0. The summed E-state index contributed by atoms with van der Waals surface area (Å²) in [5, 5.41) is 22.5. The van der Waals surface area contributed by atoms with Gasteiger partial charge in [0.2, 0.25) is 11.9 Å². The Balaban J connectivity index is 0.899. The van der Waals surface area contributed by atoms with Gasteiger partial charge in [-0.15, -0.1) is 5.10 Å². The first-order valence-corrected chi connectivity index (χ1v) is 18.9.